The highest BCUT2D eigenvalue weighted by Crippen LogP contribution is 2.50. The summed E-state index contributed by atoms with van der Waals surface area (Å²) in [6, 6.07) is 0. The third-order valence-electron chi connectivity index (χ3n) is 5.50. The van der Waals surface area contributed by atoms with E-state index in [-0.39, 0.29) is 15.1 Å². The second-order valence-corrected chi connectivity index (χ2v) is 12.7. The molecular weight excluding hydrogens is 441 g/mol. The Morgan fingerprint density at radius 3 is 1.44 bits per heavy atom. The van der Waals surface area contributed by atoms with Gasteiger partial charge in [-0.15, -0.1) is 35.3 Å². The van der Waals surface area contributed by atoms with Crippen LogP contribution in [0.4, 0.5) is 0 Å². The van der Waals surface area contributed by atoms with Crippen molar-refractivity contribution in [1.82, 2.24) is 0 Å². The molecule has 3 nitrogen and oxygen atoms in total. The molecule has 0 N–H and O–H groups in total. The van der Waals surface area contributed by atoms with Crippen LogP contribution in [0.2, 0.25) is 0 Å². The Morgan fingerprint density at radius 1 is 0.741 bits per heavy atom. The summed E-state index contributed by atoms with van der Waals surface area (Å²) in [5, 5.41) is 13.5. The second-order valence-electron chi connectivity index (χ2n) is 7.56. The highest BCUT2D eigenvalue weighted by molar-refractivity contribution is 8.22. The molecule has 3 saturated carbocycles. The van der Waals surface area contributed by atoms with Crippen molar-refractivity contribution in [3.63, 3.8) is 0 Å². The maximum absolute atomic E-state index is 12.2. The van der Waals surface area contributed by atoms with Crippen molar-refractivity contribution >= 4 is 58.5 Å². The van der Waals surface area contributed by atoms with E-state index < -0.39 is 0 Å². The topological polar surface area (TPSA) is 43.1 Å². The zero-order valence-corrected chi connectivity index (χ0v) is 19.4. The Labute approximate surface area is 185 Å². The van der Waals surface area contributed by atoms with Crippen LogP contribution in [0.25, 0.3) is 0 Å². The number of rotatable bonds is 8. The maximum Gasteiger partial charge on any atom is 0.305 e. The summed E-state index contributed by atoms with van der Waals surface area (Å²) in [5.41, 5.74) is 0.167. The van der Waals surface area contributed by atoms with Crippen molar-refractivity contribution in [2.75, 3.05) is 0 Å². The average Bonchev–Trinajstić information content (AvgIpc) is 3.37. The van der Waals surface area contributed by atoms with Gasteiger partial charge in [0.2, 0.25) is 0 Å². The first-order valence-electron chi connectivity index (χ1n) is 9.99. The zero-order chi connectivity index (χ0) is 19.2. The second kappa shape index (κ2) is 11.1. The predicted molar refractivity (Wildman–Crippen MR) is 122 cm³/mol. The van der Waals surface area contributed by atoms with Crippen LogP contribution in [-0.4, -0.2) is 20.7 Å². The predicted octanol–water partition coefficient (Wildman–Crippen LogP) is 8.11. The smallest absolute Gasteiger partial charge is 0.258 e. The van der Waals surface area contributed by atoms with Gasteiger partial charge in [-0.2, -0.15) is 0 Å². The Hall–Kier alpha value is 0.510. The molecule has 0 heterocycles. The van der Waals surface area contributed by atoms with Gasteiger partial charge in [-0.3, -0.25) is 10.1 Å². The van der Waals surface area contributed by atoms with Crippen molar-refractivity contribution in [3.8, 4) is 0 Å². The van der Waals surface area contributed by atoms with Crippen LogP contribution >= 0.6 is 58.5 Å². The SMILES string of the molecule is O=[N+]([O-])C(=C(SC1CCCC1)SC1CCCC1)C(SC1CCCC1)=C(Cl)Cl. The lowest BCUT2D eigenvalue weighted by Crippen LogP contribution is -2.09. The summed E-state index contributed by atoms with van der Waals surface area (Å²) >= 11 is 17.4. The quantitative estimate of drug-likeness (QED) is 0.204. The first-order chi connectivity index (χ1) is 13.0. The fraction of sp³-hybridized carbons (Fsp3) is 0.789. The van der Waals surface area contributed by atoms with Gasteiger partial charge in [0, 0.05) is 15.7 Å². The molecule has 0 radical (unpaired) electrons. The fourth-order valence-electron chi connectivity index (χ4n) is 4.07. The Kier molecular flexibility index (Phi) is 9.09. The van der Waals surface area contributed by atoms with Crippen LogP contribution in [0.3, 0.4) is 0 Å². The summed E-state index contributed by atoms with van der Waals surface area (Å²) in [5.74, 6) is 0. The van der Waals surface area contributed by atoms with Crippen molar-refractivity contribution in [3.05, 3.63) is 29.4 Å². The molecule has 0 aliphatic heterocycles. The van der Waals surface area contributed by atoms with Gasteiger partial charge in [-0.1, -0.05) is 61.7 Å². The largest absolute Gasteiger partial charge is 0.305 e. The molecule has 0 bridgehead atoms. The minimum absolute atomic E-state index is 0.0511. The maximum atomic E-state index is 12.2. The van der Waals surface area contributed by atoms with E-state index in [1.165, 1.54) is 50.3 Å². The number of nitrogens with zero attached hydrogens (tertiary/aromatic N) is 1. The van der Waals surface area contributed by atoms with Crippen LogP contribution in [-0.2, 0) is 0 Å². The molecule has 0 saturated heterocycles. The third kappa shape index (κ3) is 6.50. The molecule has 3 aliphatic rings. The van der Waals surface area contributed by atoms with Crippen LogP contribution in [0.15, 0.2) is 19.3 Å². The van der Waals surface area contributed by atoms with Gasteiger partial charge in [-0.25, -0.2) is 0 Å². The van der Waals surface area contributed by atoms with Gasteiger partial charge >= 0.3 is 5.70 Å². The van der Waals surface area contributed by atoms with E-state index in [1.807, 2.05) is 0 Å². The molecular formula is C19H27Cl2NO2S3. The number of thioether (sulfide) groups is 3. The van der Waals surface area contributed by atoms with Gasteiger partial charge in [0.25, 0.3) is 0 Å². The first-order valence-corrected chi connectivity index (χ1v) is 13.4. The molecule has 3 fully saturated rings. The minimum atomic E-state index is -0.235. The van der Waals surface area contributed by atoms with Gasteiger partial charge in [0.15, 0.2) is 0 Å². The average molecular weight is 469 g/mol. The van der Waals surface area contributed by atoms with Crippen molar-refractivity contribution in [2.24, 2.45) is 0 Å². The van der Waals surface area contributed by atoms with Crippen LogP contribution in [0.1, 0.15) is 77.0 Å². The molecule has 0 amide bonds. The van der Waals surface area contributed by atoms with Crippen molar-refractivity contribution in [1.29, 1.82) is 0 Å². The summed E-state index contributed by atoms with van der Waals surface area (Å²) in [4.78, 5) is 12.4. The molecule has 0 unspecified atom stereocenters. The molecule has 27 heavy (non-hydrogen) atoms. The molecule has 152 valence electrons. The molecule has 3 rings (SSSR count). The molecule has 0 aromatic carbocycles. The third-order valence-corrected chi connectivity index (χ3v) is 10.5. The summed E-state index contributed by atoms with van der Waals surface area (Å²) in [7, 11) is 0. The number of hydrogen-bond donors (Lipinski definition) is 0. The van der Waals surface area contributed by atoms with E-state index in [4.69, 9.17) is 23.2 Å². The number of nitro groups is 1. The monoisotopic (exact) mass is 467 g/mol. The summed E-state index contributed by atoms with van der Waals surface area (Å²) in [6.45, 7) is 0. The van der Waals surface area contributed by atoms with Crippen LogP contribution < -0.4 is 0 Å². The highest BCUT2D eigenvalue weighted by Gasteiger charge is 2.34. The Balaban J connectivity index is 1.91. The summed E-state index contributed by atoms with van der Waals surface area (Å²) in [6.07, 6.45) is 14.0. The molecule has 0 aromatic rings. The lowest BCUT2D eigenvalue weighted by Gasteiger charge is -2.18. The van der Waals surface area contributed by atoms with Crippen LogP contribution in [0.5, 0.6) is 0 Å². The van der Waals surface area contributed by atoms with Gasteiger partial charge < -0.3 is 0 Å². The van der Waals surface area contributed by atoms with E-state index in [0.717, 1.165) is 42.8 Å². The lowest BCUT2D eigenvalue weighted by atomic mass is 10.4. The highest BCUT2D eigenvalue weighted by atomic mass is 35.5. The number of hydrogen-bond acceptors (Lipinski definition) is 5. The molecule has 8 heteroatoms. The van der Waals surface area contributed by atoms with E-state index >= 15 is 0 Å². The molecule has 3 aliphatic carbocycles. The van der Waals surface area contributed by atoms with Crippen LogP contribution in [0, 0.1) is 10.1 Å². The normalized spacial score (nSPS) is 21.7. The van der Waals surface area contributed by atoms with E-state index in [9.17, 15) is 10.1 Å². The van der Waals surface area contributed by atoms with Gasteiger partial charge in [0.1, 0.15) is 13.6 Å². The minimum Gasteiger partial charge on any atom is -0.258 e. The van der Waals surface area contributed by atoms with Crippen molar-refractivity contribution < 1.29 is 4.92 Å². The first kappa shape index (κ1) is 22.2. The van der Waals surface area contributed by atoms with Gasteiger partial charge in [0.05, 0.1) is 4.92 Å². The molecule has 0 aromatic heterocycles. The molecule has 0 atom stereocenters. The van der Waals surface area contributed by atoms with E-state index in [0.29, 0.717) is 20.7 Å². The number of halogens is 2. The Morgan fingerprint density at radius 2 is 1.11 bits per heavy atom. The zero-order valence-electron chi connectivity index (χ0n) is 15.5. The standard InChI is InChI=1S/C19H27Cl2NO2S3/c20-18(21)17(25-13-7-1-2-8-13)16(22(23)24)19(26-14-9-3-4-10-14)27-15-11-5-6-12-15/h13-15H,1-12H2. The Bertz CT molecular complexity index is 570. The fourth-order valence-corrected chi connectivity index (χ4v) is 9.28. The van der Waals surface area contributed by atoms with Gasteiger partial charge in [-0.05, 0) is 38.5 Å². The van der Waals surface area contributed by atoms with Crippen molar-refractivity contribution in [2.45, 2.75) is 92.8 Å². The van der Waals surface area contributed by atoms with E-state index in [1.54, 1.807) is 23.5 Å². The summed E-state index contributed by atoms with van der Waals surface area (Å²) < 4.78 is 0.897. The molecule has 0 spiro atoms. The lowest BCUT2D eigenvalue weighted by molar-refractivity contribution is -0.419. The van der Waals surface area contributed by atoms with E-state index in [2.05, 4.69) is 0 Å².